The Hall–Kier alpha value is -0.256. The van der Waals surface area contributed by atoms with Gasteiger partial charge in [0.15, 0.2) is 0 Å². The van der Waals surface area contributed by atoms with Gasteiger partial charge in [0.25, 0.3) is 0 Å². The van der Waals surface area contributed by atoms with Gasteiger partial charge in [0.1, 0.15) is 0 Å². The summed E-state index contributed by atoms with van der Waals surface area (Å²) in [6, 6.07) is 19.3. The van der Waals surface area contributed by atoms with E-state index >= 15 is 0 Å². The monoisotopic (exact) mass is 412 g/mol. The number of carbonyl (C=O) groups excluding carboxylic acids is 1. The van der Waals surface area contributed by atoms with Crippen molar-refractivity contribution in [3.63, 3.8) is 0 Å². The van der Waals surface area contributed by atoms with Crippen LogP contribution in [0.25, 0.3) is 5.73 Å². The Labute approximate surface area is 140 Å². The SMILES string of the molecule is Ic1cc[c-]cc1.[NH-]C(=O)c1ccccc1.[Y]. The van der Waals surface area contributed by atoms with Gasteiger partial charge in [0.2, 0.25) is 0 Å². The zero-order chi connectivity index (χ0) is 11.8. The van der Waals surface area contributed by atoms with Gasteiger partial charge in [-0.1, -0.05) is 56.5 Å². The van der Waals surface area contributed by atoms with Crippen LogP contribution in [0.4, 0.5) is 0 Å². The molecule has 0 aliphatic heterocycles. The minimum absolute atomic E-state index is 0. The van der Waals surface area contributed by atoms with E-state index in [1.165, 1.54) is 3.57 Å². The Morgan fingerprint density at radius 3 is 1.88 bits per heavy atom. The largest absolute Gasteiger partial charge is 0.664 e. The molecule has 0 unspecified atom stereocenters. The fourth-order valence-electron chi connectivity index (χ4n) is 0.956. The molecule has 2 aromatic carbocycles. The molecule has 85 valence electrons. The average Bonchev–Trinajstić information content (AvgIpc) is 2.32. The van der Waals surface area contributed by atoms with Crippen molar-refractivity contribution in [3.8, 4) is 0 Å². The van der Waals surface area contributed by atoms with E-state index in [-0.39, 0.29) is 32.7 Å². The molecule has 2 aromatic rings. The van der Waals surface area contributed by atoms with E-state index < -0.39 is 5.91 Å². The van der Waals surface area contributed by atoms with Crippen LogP contribution < -0.4 is 0 Å². The van der Waals surface area contributed by atoms with Gasteiger partial charge in [0.05, 0.1) is 5.91 Å². The van der Waals surface area contributed by atoms with Crippen LogP contribution in [0.2, 0.25) is 0 Å². The van der Waals surface area contributed by atoms with Gasteiger partial charge < -0.3 is 10.5 Å². The Kier molecular flexibility index (Phi) is 9.59. The molecule has 4 heteroatoms. The van der Waals surface area contributed by atoms with Crippen molar-refractivity contribution in [1.29, 1.82) is 0 Å². The van der Waals surface area contributed by atoms with Crippen LogP contribution in [0.1, 0.15) is 10.4 Å². The molecule has 0 atom stereocenters. The number of benzene rings is 2. The zero-order valence-corrected chi connectivity index (χ0v) is 14.1. The minimum atomic E-state index is -0.629. The molecule has 0 aliphatic rings. The third-order valence-electron chi connectivity index (χ3n) is 1.71. The molecular formula is C13H10INOY-2. The Morgan fingerprint density at radius 1 is 1.06 bits per heavy atom. The summed E-state index contributed by atoms with van der Waals surface area (Å²) in [4.78, 5) is 10.3. The second kappa shape index (κ2) is 9.74. The van der Waals surface area contributed by atoms with Gasteiger partial charge in [-0.15, -0.1) is 0 Å². The molecule has 0 spiro atoms. The third kappa shape index (κ3) is 7.63. The first-order chi connectivity index (χ1) is 7.70. The van der Waals surface area contributed by atoms with Gasteiger partial charge in [0, 0.05) is 32.7 Å². The molecule has 0 aromatic heterocycles. The van der Waals surface area contributed by atoms with E-state index in [0.717, 1.165) is 0 Å². The molecule has 1 N–H and O–H groups in total. The maximum Gasteiger partial charge on any atom is 0.0796 e. The van der Waals surface area contributed by atoms with E-state index in [0.29, 0.717) is 5.56 Å². The number of rotatable bonds is 1. The molecular weight excluding hydrogens is 402 g/mol. The van der Waals surface area contributed by atoms with Crippen LogP contribution in [0.15, 0.2) is 54.6 Å². The van der Waals surface area contributed by atoms with Crippen molar-refractivity contribution < 1.29 is 37.5 Å². The summed E-state index contributed by atoms with van der Waals surface area (Å²) in [6.07, 6.45) is 0. The van der Waals surface area contributed by atoms with Crippen molar-refractivity contribution >= 4 is 28.5 Å². The van der Waals surface area contributed by atoms with Crippen LogP contribution >= 0.6 is 22.6 Å². The molecule has 0 heterocycles. The van der Waals surface area contributed by atoms with E-state index in [2.05, 4.69) is 28.7 Å². The first-order valence-corrected chi connectivity index (χ1v) is 5.70. The molecule has 1 amide bonds. The third-order valence-corrected chi connectivity index (χ3v) is 2.43. The van der Waals surface area contributed by atoms with Gasteiger partial charge in [-0.2, -0.15) is 30.3 Å². The quantitative estimate of drug-likeness (QED) is 0.517. The number of carbonyl (C=O) groups is 1. The van der Waals surface area contributed by atoms with Gasteiger partial charge in [-0.25, -0.2) is 0 Å². The normalized spacial score (nSPS) is 8.29. The van der Waals surface area contributed by atoms with E-state index in [9.17, 15) is 4.79 Å². The molecule has 2 rings (SSSR count). The first-order valence-electron chi connectivity index (χ1n) is 4.63. The minimum Gasteiger partial charge on any atom is -0.664 e. The number of halogens is 1. The smallest absolute Gasteiger partial charge is 0.0796 e. The fraction of sp³-hybridized carbons (Fsp3) is 0. The van der Waals surface area contributed by atoms with Crippen molar-refractivity contribution in [2.75, 3.05) is 0 Å². The summed E-state index contributed by atoms with van der Waals surface area (Å²) in [5, 5.41) is 0. The predicted molar refractivity (Wildman–Crippen MR) is 73.1 cm³/mol. The standard InChI is InChI=1S/C7H7NO.C6H4I.Y/c8-7(9)6-4-2-1-3-5-6;7-6-4-2-1-3-5-6;/h1-5H,(H2,8,9);2-5H;/q;-1;/p-1. The second-order valence-electron chi connectivity index (χ2n) is 2.91. The summed E-state index contributed by atoms with van der Waals surface area (Å²) < 4.78 is 1.26. The summed E-state index contributed by atoms with van der Waals surface area (Å²) >= 11 is 2.26. The van der Waals surface area contributed by atoms with E-state index in [1.54, 1.807) is 24.3 Å². The Morgan fingerprint density at radius 2 is 1.59 bits per heavy atom. The van der Waals surface area contributed by atoms with E-state index in [4.69, 9.17) is 5.73 Å². The van der Waals surface area contributed by atoms with E-state index in [1.807, 2.05) is 30.3 Å². The second-order valence-corrected chi connectivity index (χ2v) is 4.16. The van der Waals surface area contributed by atoms with Crippen molar-refractivity contribution in [1.82, 2.24) is 0 Å². The summed E-state index contributed by atoms with van der Waals surface area (Å²) in [5.41, 5.74) is 7.12. The van der Waals surface area contributed by atoms with Crippen LogP contribution in [0.5, 0.6) is 0 Å². The van der Waals surface area contributed by atoms with Crippen LogP contribution in [0, 0.1) is 9.64 Å². The van der Waals surface area contributed by atoms with Crippen molar-refractivity contribution in [3.05, 3.63) is 75.5 Å². The topological polar surface area (TPSA) is 40.9 Å². The van der Waals surface area contributed by atoms with Crippen molar-refractivity contribution in [2.45, 2.75) is 0 Å². The summed E-state index contributed by atoms with van der Waals surface area (Å²) in [6.45, 7) is 0. The van der Waals surface area contributed by atoms with Crippen molar-refractivity contribution in [2.24, 2.45) is 0 Å². The molecule has 17 heavy (non-hydrogen) atoms. The molecule has 0 fully saturated rings. The van der Waals surface area contributed by atoms with Gasteiger partial charge in [-0.3, -0.25) is 0 Å². The van der Waals surface area contributed by atoms with Gasteiger partial charge >= 0.3 is 0 Å². The van der Waals surface area contributed by atoms with Gasteiger partial charge in [-0.05, 0) is 5.56 Å². The predicted octanol–water partition coefficient (Wildman–Crippen LogP) is 3.97. The van der Waals surface area contributed by atoms with Crippen LogP contribution in [-0.2, 0) is 32.7 Å². The number of amides is 1. The van der Waals surface area contributed by atoms with Crippen LogP contribution in [-0.4, -0.2) is 5.91 Å². The first kappa shape index (κ1) is 16.7. The van der Waals surface area contributed by atoms with Crippen LogP contribution in [0.3, 0.4) is 0 Å². The average molecular weight is 412 g/mol. The summed E-state index contributed by atoms with van der Waals surface area (Å²) in [5.74, 6) is -0.629. The number of hydrogen-bond donors (Lipinski definition) is 0. The molecule has 0 saturated heterocycles. The maximum absolute atomic E-state index is 10.3. The zero-order valence-electron chi connectivity index (χ0n) is 9.06. The number of nitrogens with one attached hydrogen (secondary N) is 1. The molecule has 0 bridgehead atoms. The Bertz CT molecular complexity index is 434. The molecule has 2 nitrogen and oxygen atoms in total. The maximum atomic E-state index is 10.3. The Balaban J connectivity index is 0.000000292. The summed E-state index contributed by atoms with van der Waals surface area (Å²) in [7, 11) is 0. The fourth-order valence-corrected chi connectivity index (χ4v) is 1.32. The molecule has 1 radical (unpaired) electrons. The molecule has 0 aliphatic carbocycles. The number of hydrogen-bond acceptors (Lipinski definition) is 1. The molecule has 0 saturated carbocycles.